The Morgan fingerprint density at radius 3 is 3.13 bits per heavy atom. The van der Waals surface area contributed by atoms with Gasteiger partial charge in [0.05, 0.1) is 12.1 Å². The Balaban J connectivity index is 2.32. The number of aryl methyl sites for hydroxylation is 2. The predicted molar refractivity (Wildman–Crippen MR) is 55.2 cm³/mol. The van der Waals surface area contributed by atoms with E-state index in [1.807, 2.05) is 13.1 Å². The van der Waals surface area contributed by atoms with Crippen LogP contribution >= 0.6 is 0 Å². The predicted octanol–water partition coefficient (Wildman–Crippen LogP) is 1.30. The van der Waals surface area contributed by atoms with E-state index in [4.69, 9.17) is 5.11 Å². The third kappa shape index (κ3) is 4.58. The number of hydrogen-bond donors (Lipinski definition) is 1. The third-order valence-electron chi connectivity index (χ3n) is 2.06. The van der Waals surface area contributed by atoms with Crippen molar-refractivity contribution in [2.75, 3.05) is 0 Å². The molecule has 83 valence electrons. The summed E-state index contributed by atoms with van der Waals surface area (Å²) < 4.78 is 1.76. The maximum Gasteiger partial charge on any atom is 0.303 e. The highest BCUT2D eigenvalue weighted by atomic mass is 16.4. The minimum Gasteiger partial charge on any atom is -0.481 e. The molecule has 5 nitrogen and oxygen atoms in total. The lowest BCUT2D eigenvalue weighted by atomic mass is 10.2. The van der Waals surface area contributed by atoms with Crippen molar-refractivity contribution in [3.05, 3.63) is 18.3 Å². The van der Waals surface area contributed by atoms with Gasteiger partial charge in [-0.25, -0.2) is 0 Å². The largest absolute Gasteiger partial charge is 0.481 e. The van der Waals surface area contributed by atoms with E-state index in [1.54, 1.807) is 4.68 Å². The van der Waals surface area contributed by atoms with E-state index in [9.17, 15) is 4.79 Å². The Hall–Kier alpha value is -1.39. The fourth-order valence-corrected chi connectivity index (χ4v) is 1.25. The molecule has 1 heterocycles. The van der Waals surface area contributed by atoms with E-state index in [2.05, 4.69) is 16.7 Å². The van der Waals surface area contributed by atoms with Gasteiger partial charge >= 0.3 is 5.97 Å². The van der Waals surface area contributed by atoms with Gasteiger partial charge in [-0.05, 0) is 19.3 Å². The van der Waals surface area contributed by atoms with Crippen LogP contribution in [0.25, 0.3) is 0 Å². The van der Waals surface area contributed by atoms with Gasteiger partial charge in [-0.15, -0.1) is 5.10 Å². The molecule has 0 atom stereocenters. The number of unbranched alkanes of at least 4 members (excludes halogenated alkanes) is 2. The second kappa shape index (κ2) is 6.16. The molecule has 0 aliphatic heterocycles. The summed E-state index contributed by atoms with van der Waals surface area (Å²) in [6.45, 7) is 2.87. The number of rotatable bonds is 7. The van der Waals surface area contributed by atoms with Gasteiger partial charge in [-0.2, -0.15) is 0 Å². The van der Waals surface area contributed by atoms with Crippen LogP contribution in [0.2, 0.25) is 0 Å². The molecule has 1 rings (SSSR count). The van der Waals surface area contributed by atoms with Crippen molar-refractivity contribution in [3.63, 3.8) is 0 Å². The molecule has 0 unspecified atom stereocenters. The summed E-state index contributed by atoms with van der Waals surface area (Å²) in [6, 6.07) is 0. The van der Waals surface area contributed by atoms with Crippen molar-refractivity contribution in [2.24, 2.45) is 0 Å². The zero-order chi connectivity index (χ0) is 11.1. The van der Waals surface area contributed by atoms with Gasteiger partial charge in [0.15, 0.2) is 0 Å². The molecule has 0 aliphatic rings. The molecule has 1 radical (unpaired) electrons. The molecular weight excluding hydrogens is 194 g/mol. The van der Waals surface area contributed by atoms with Crippen molar-refractivity contribution in [1.29, 1.82) is 0 Å². The molecule has 1 aromatic rings. The average Bonchev–Trinajstić information content (AvgIpc) is 2.63. The molecule has 1 aromatic heterocycles. The van der Waals surface area contributed by atoms with Crippen LogP contribution in [0.15, 0.2) is 6.20 Å². The molecule has 0 spiro atoms. The molecule has 0 bridgehead atoms. The van der Waals surface area contributed by atoms with E-state index in [0.29, 0.717) is 6.42 Å². The SMILES string of the molecule is C[CH]CCCn1cc(CCC(=O)O)nn1. The molecule has 0 saturated heterocycles. The number of carboxylic acid groups (broad SMARTS) is 1. The summed E-state index contributed by atoms with van der Waals surface area (Å²) in [7, 11) is 0. The van der Waals surface area contributed by atoms with Crippen LogP contribution in [0.3, 0.4) is 0 Å². The van der Waals surface area contributed by atoms with Crippen molar-refractivity contribution in [1.82, 2.24) is 15.0 Å². The molecule has 0 amide bonds. The quantitative estimate of drug-likeness (QED) is 0.689. The average molecular weight is 210 g/mol. The molecule has 1 N–H and O–H groups in total. The Bertz CT molecular complexity index is 309. The number of aliphatic carboxylic acids is 1. The number of aromatic nitrogens is 3. The monoisotopic (exact) mass is 210 g/mol. The van der Waals surface area contributed by atoms with Gasteiger partial charge in [0.2, 0.25) is 0 Å². The number of nitrogens with zero attached hydrogens (tertiary/aromatic N) is 3. The van der Waals surface area contributed by atoms with Gasteiger partial charge < -0.3 is 5.11 Å². The van der Waals surface area contributed by atoms with E-state index >= 15 is 0 Å². The lowest BCUT2D eigenvalue weighted by Gasteiger charge is -1.97. The molecule has 0 fully saturated rings. The zero-order valence-electron chi connectivity index (χ0n) is 8.89. The highest BCUT2D eigenvalue weighted by molar-refractivity contribution is 5.66. The fraction of sp³-hybridized carbons (Fsp3) is 0.600. The zero-order valence-corrected chi connectivity index (χ0v) is 8.89. The molecule has 0 aromatic carbocycles. The number of carboxylic acids is 1. The summed E-state index contributed by atoms with van der Waals surface area (Å²) in [5, 5.41) is 16.3. The Kier molecular flexibility index (Phi) is 4.80. The molecule has 15 heavy (non-hydrogen) atoms. The molecule has 0 saturated carbocycles. The van der Waals surface area contributed by atoms with E-state index in [1.165, 1.54) is 0 Å². The highest BCUT2D eigenvalue weighted by Gasteiger charge is 2.03. The topological polar surface area (TPSA) is 68.0 Å². The first-order chi connectivity index (χ1) is 7.22. The molecular formula is C10H16N3O2. The van der Waals surface area contributed by atoms with Crippen molar-refractivity contribution in [3.8, 4) is 0 Å². The van der Waals surface area contributed by atoms with Gasteiger partial charge in [0.25, 0.3) is 0 Å². The van der Waals surface area contributed by atoms with Crippen molar-refractivity contribution < 1.29 is 9.90 Å². The van der Waals surface area contributed by atoms with E-state index in [0.717, 1.165) is 25.1 Å². The number of carbonyl (C=O) groups is 1. The summed E-state index contributed by atoms with van der Waals surface area (Å²) in [6.07, 6.45) is 6.60. The van der Waals surface area contributed by atoms with Crippen LogP contribution in [0, 0.1) is 6.42 Å². The smallest absolute Gasteiger partial charge is 0.303 e. The van der Waals surface area contributed by atoms with Gasteiger partial charge in [0, 0.05) is 19.2 Å². The lowest BCUT2D eigenvalue weighted by Crippen LogP contribution is -1.98. The second-order valence-corrected chi connectivity index (χ2v) is 3.42. The van der Waals surface area contributed by atoms with Crippen LogP contribution < -0.4 is 0 Å². The summed E-state index contributed by atoms with van der Waals surface area (Å²) in [4.78, 5) is 10.3. The first-order valence-electron chi connectivity index (χ1n) is 5.11. The minimum atomic E-state index is -0.801. The van der Waals surface area contributed by atoms with Crippen LogP contribution in [-0.2, 0) is 17.8 Å². The minimum absolute atomic E-state index is 0.113. The standard InChI is InChI=1S/C10H16N3O2/c1-2-3-4-7-13-8-9(11-12-13)5-6-10(14)15/h2,8H,3-7H2,1H3,(H,14,15). The van der Waals surface area contributed by atoms with Gasteiger partial charge in [-0.3, -0.25) is 9.48 Å². The van der Waals surface area contributed by atoms with Gasteiger partial charge in [-0.1, -0.05) is 12.1 Å². The van der Waals surface area contributed by atoms with Crippen LogP contribution in [0.1, 0.15) is 31.9 Å². The first-order valence-corrected chi connectivity index (χ1v) is 5.11. The third-order valence-corrected chi connectivity index (χ3v) is 2.06. The fourth-order valence-electron chi connectivity index (χ4n) is 1.25. The molecule has 5 heteroatoms. The Morgan fingerprint density at radius 2 is 2.47 bits per heavy atom. The Morgan fingerprint density at radius 1 is 1.67 bits per heavy atom. The summed E-state index contributed by atoms with van der Waals surface area (Å²) in [5.41, 5.74) is 0.748. The Labute approximate surface area is 89.1 Å². The van der Waals surface area contributed by atoms with Gasteiger partial charge in [0.1, 0.15) is 0 Å². The lowest BCUT2D eigenvalue weighted by molar-refractivity contribution is -0.136. The highest BCUT2D eigenvalue weighted by Crippen LogP contribution is 2.01. The molecule has 0 aliphatic carbocycles. The van der Waals surface area contributed by atoms with E-state index < -0.39 is 5.97 Å². The second-order valence-electron chi connectivity index (χ2n) is 3.42. The van der Waals surface area contributed by atoms with Crippen LogP contribution in [0.5, 0.6) is 0 Å². The van der Waals surface area contributed by atoms with Crippen LogP contribution in [0.4, 0.5) is 0 Å². The maximum atomic E-state index is 10.3. The number of hydrogen-bond acceptors (Lipinski definition) is 3. The van der Waals surface area contributed by atoms with Crippen molar-refractivity contribution in [2.45, 2.75) is 39.2 Å². The van der Waals surface area contributed by atoms with E-state index in [-0.39, 0.29) is 6.42 Å². The summed E-state index contributed by atoms with van der Waals surface area (Å²) in [5.74, 6) is -0.801. The maximum absolute atomic E-state index is 10.3. The first kappa shape index (κ1) is 11.7. The van der Waals surface area contributed by atoms with Crippen LogP contribution in [-0.4, -0.2) is 26.1 Å². The van der Waals surface area contributed by atoms with Crippen molar-refractivity contribution >= 4 is 5.97 Å². The summed E-state index contributed by atoms with van der Waals surface area (Å²) >= 11 is 0. The normalized spacial score (nSPS) is 10.5.